The van der Waals surface area contributed by atoms with Crippen LogP contribution in [0.25, 0.3) is 0 Å². The van der Waals surface area contributed by atoms with Crippen molar-refractivity contribution in [1.29, 1.82) is 5.26 Å². The van der Waals surface area contributed by atoms with Crippen LogP contribution in [0.5, 0.6) is 0 Å². The van der Waals surface area contributed by atoms with Gasteiger partial charge in [-0.25, -0.2) is 4.79 Å². The van der Waals surface area contributed by atoms with Crippen LogP contribution in [-0.2, 0) is 20.8 Å². The molecule has 1 atom stereocenters. The summed E-state index contributed by atoms with van der Waals surface area (Å²) in [6.07, 6.45) is 1.98. The Labute approximate surface area is 180 Å². The number of hydrogen-bond donors (Lipinski definition) is 1. The summed E-state index contributed by atoms with van der Waals surface area (Å²) in [4.78, 5) is 36.3. The molecule has 3 rings (SSSR count). The van der Waals surface area contributed by atoms with Crippen LogP contribution in [0.2, 0.25) is 0 Å². The van der Waals surface area contributed by atoms with Crippen LogP contribution in [0.3, 0.4) is 0 Å². The van der Waals surface area contributed by atoms with Gasteiger partial charge in [0, 0.05) is 35.8 Å². The van der Waals surface area contributed by atoms with E-state index in [1.165, 1.54) is 24.3 Å². The highest BCUT2D eigenvalue weighted by Gasteiger charge is 2.22. The lowest BCUT2D eigenvalue weighted by Crippen LogP contribution is -2.18. The summed E-state index contributed by atoms with van der Waals surface area (Å²) in [5, 5.41) is 11.0. The summed E-state index contributed by atoms with van der Waals surface area (Å²) in [5.74, 6) is -1.32. The summed E-state index contributed by atoms with van der Waals surface area (Å²) in [7, 11) is 0. The summed E-state index contributed by atoms with van der Waals surface area (Å²) in [6.45, 7) is 4.96. The number of nitrogens with one attached hydrogen (secondary N) is 1. The van der Waals surface area contributed by atoms with Gasteiger partial charge in [-0.15, -0.1) is 0 Å². The highest BCUT2D eigenvalue weighted by Crippen LogP contribution is 2.21. The number of carbonyl (C=O) groups is 3. The maximum Gasteiger partial charge on any atom is 0.338 e. The Balaban J connectivity index is 1.57. The first-order chi connectivity index (χ1) is 14.9. The number of benzene rings is 1. The Morgan fingerprint density at radius 1 is 1.26 bits per heavy atom. The second-order valence-electron chi connectivity index (χ2n) is 7.49. The van der Waals surface area contributed by atoms with Crippen molar-refractivity contribution >= 4 is 23.3 Å². The highest BCUT2D eigenvalue weighted by molar-refractivity contribution is 6.00. The summed E-state index contributed by atoms with van der Waals surface area (Å²) < 4.78 is 13.0. The van der Waals surface area contributed by atoms with E-state index < -0.39 is 11.9 Å². The Morgan fingerprint density at radius 3 is 2.65 bits per heavy atom. The lowest BCUT2D eigenvalue weighted by atomic mass is 10.1. The number of amides is 1. The molecule has 0 unspecified atom stereocenters. The van der Waals surface area contributed by atoms with E-state index in [-0.39, 0.29) is 30.5 Å². The third-order valence-corrected chi connectivity index (χ3v) is 5.26. The molecule has 31 heavy (non-hydrogen) atoms. The molecule has 2 aromatic rings. The molecule has 0 radical (unpaired) electrons. The summed E-state index contributed by atoms with van der Waals surface area (Å²) in [5.41, 5.74) is 3.07. The van der Waals surface area contributed by atoms with Crippen molar-refractivity contribution in [2.45, 2.75) is 45.8 Å². The number of ether oxygens (including phenoxy) is 2. The molecule has 0 aliphatic carbocycles. The van der Waals surface area contributed by atoms with Crippen LogP contribution < -0.4 is 5.32 Å². The Morgan fingerprint density at radius 2 is 2.00 bits per heavy atom. The van der Waals surface area contributed by atoms with E-state index in [0.717, 1.165) is 30.8 Å². The van der Waals surface area contributed by atoms with Gasteiger partial charge in [0.2, 0.25) is 11.7 Å². The number of Topliss-reactive ketones (excluding diaryl/α,β-unsaturated/α-hetero) is 1. The van der Waals surface area contributed by atoms with Crippen molar-refractivity contribution in [2.24, 2.45) is 0 Å². The quantitative estimate of drug-likeness (QED) is 0.516. The first-order valence-electron chi connectivity index (χ1n) is 10.1. The average molecular weight is 423 g/mol. The molecule has 162 valence electrons. The van der Waals surface area contributed by atoms with E-state index in [9.17, 15) is 14.4 Å². The molecule has 1 amide bonds. The van der Waals surface area contributed by atoms with Crippen LogP contribution in [0.4, 0.5) is 5.69 Å². The lowest BCUT2D eigenvalue weighted by Gasteiger charge is -2.14. The topological polar surface area (TPSA) is 110 Å². The second kappa shape index (κ2) is 10.0. The number of carbonyl (C=O) groups excluding carboxylic acids is 3. The molecule has 0 saturated carbocycles. The molecule has 1 saturated heterocycles. The zero-order chi connectivity index (χ0) is 22.4. The molecule has 0 spiro atoms. The van der Waals surface area contributed by atoms with E-state index in [1.54, 1.807) is 6.07 Å². The third-order valence-electron chi connectivity index (χ3n) is 5.26. The molecular formula is C23H25N3O5. The molecule has 2 heterocycles. The summed E-state index contributed by atoms with van der Waals surface area (Å²) >= 11 is 0. The average Bonchev–Trinajstić information content (AvgIpc) is 3.36. The number of hydrogen-bond acceptors (Lipinski definition) is 6. The summed E-state index contributed by atoms with van der Waals surface area (Å²) in [6, 6.07) is 9.62. The van der Waals surface area contributed by atoms with E-state index in [2.05, 4.69) is 9.88 Å². The predicted octanol–water partition coefficient (Wildman–Crippen LogP) is 3.18. The standard InChI is InChI=1S/C23H25N3O5/c1-15-12-20(16(2)26(15)13-19-4-3-11-30-19)21(27)14-31-23(29)17-5-7-18(8-6-17)25-22(28)9-10-24/h5-8,12,19H,3-4,9,11,13-14H2,1-2H3,(H,25,28)/t19-/m0/s1. The van der Waals surface area contributed by atoms with Gasteiger partial charge in [0.25, 0.3) is 0 Å². The zero-order valence-corrected chi connectivity index (χ0v) is 17.6. The van der Waals surface area contributed by atoms with Crippen molar-refractivity contribution in [3.63, 3.8) is 0 Å². The Hall–Kier alpha value is -3.44. The third kappa shape index (κ3) is 5.58. The minimum Gasteiger partial charge on any atom is -0.454 e. The van der Waals surface area contributed by atoms with E-state index in [1.807, 2.05) is 19.9 Å². The molecule has 1 fully saturated rings. The number of nitriles is 1. The van der Waals surface area contributed by atoms with Crippen LogP contribution in [-0.4, -0.2) is 41.5 Å². The second-order valence-corrected chi connectivity index (χ2v) is 7.49. The van der Waals surface area contributed by atoms with Gasteiger partial charge in [-0.05, 0) is 57.0 Å². The number of ketones is 1. The van der Waals surface area contributed by atoms with Gasteiger partial charge < -0.3 is 19.4 Å². The van der Waals surface area contributed by atoms with Crippen molar-refractivity contribution < 1.29 is 23.9 Å². The fourth-order valence-corrected chi connectivity index (χ4v) is 3.62. The number of aromatic nitrogens is 1. The first kappa shape index (κ1) is 22.2. The first-order valence-corrected chi connectivity index (χ1v) is 10.1. The van der Waals surface area contributed by atoms with Crippen LogP contribution in [0.15, 0.2) is 30.3 Å². The van der Waals surface area contributed by atoms with E-state index in [4.69, 9.17) is 14.7 Å². The minimum absolute atomic E-state index is 0.165. The van der Waals surface area contributed by atoms with E-state index >= 15 is 0 Å². The van der Waals surface area contributed by atoms with Crippen molar-refractivity contribution in [3.8, 4) is 6.07 Å². The van der Waals surface area contributed by atoms with Crippen LogP contribution in [0, 0.1) is 25.2 Å². The minimum atomic E-state index is -0.628. The molecule has 1 N–H and O–H groups in total. The molecular weight excluding hydrogens is 398 g/mol. The fourth-order valence-electron chi connectivity index (χ4n) is 3.62. The monoisotopic (exact) mass is 423 g/mol. The smallest absolute Gasteiger partial charge is 0.338 e. The van der Waals surface area contributed by atoms with Crippen molar-refractivity contribution in [3.05, 3.63) is 52.8 Å². The zero-order valence-electron chi connectivity index (χ0n) is 17.6. The maximum absolute atomic E-state index is 12.6. The molecule has 8 nitrogen and oxygen atoms in total. The SMILES string of the molecule is Cc1cc(C(=O)COC(=O)c2ccc(NC(=O)CC#N)cc2)c(C)n1C[C@@H]1CCCO1. The fraction of sp³-hybridized carbons (Fsp3) is 0.391. The van der Waals surface area contributed by atoms with Gasteiger partial charge in [0.05, 0.1) is 17.7 Å². The van der Waals surface area contributed by atoms with Gasteiger partial charge in [-0.2, -0.15) is 5.26 Å². The van der Waals surface area contributed by atoms with Crippen molar-refractivity contribution in [2.75, 3.05) is 18.5 Å². The Bertz CT molecular complexity index is 1010. The number of rotatable bonds is 8. The maximum atomic E-state index is 12.6. The molecule has 1 aliphatic rings. The van der Waals surface area contributed by atoms with E-state index in [0.29, 0.717) is 17.8 Å². The normalized spacial score (nSPS) is 15.3. The number of esters is 1. The Kier molecular flexibility index (Phi) is 7.21. The molecule has 1 aliphatic heterocycles. The van der Waals surface area contributed by atoms with Crippen molar-refractivity contribution in [1.82, 2.24) is 4.57 Å². The number of aryl methyl sites for hydroxylation is 1. The van der Waals surface area contributed by atoms with Gasteiger partial charge in [0.1, 0.15) is 6.42 Å². The predicted molar refractivity (Wildman–Crippen MR) is 113 cm³/mol. The molecule has 8 heteroatoms. The molecule has 0 bridgehead atoms. The highest BCUT2D eigenvalue weighted by atomic mass is 16.5. The van der Waals surface area contributed by atoms with Crippen LogP contribution >= 0.6 is 0 Å². The molecule has 1 aromatic heterocycles. The number of nitrogens with zero attached hydrogens (tertiary/aromatic N) is 2. The van der Waals surface area contributed by atoms with Gasteiger partial charge >= 0.3 is 5.97 Å². The van der Waals surface area contributed by atoms with Gasteiger partial charge in [-0.3, -0.25) is 9.59 Å². The molecule has 1 aromatic carbocycles. The lowest BCUT2D eigenvalue weighted by molar-refractivity contribution is -0.115. The largest absolute Gasteiger partial charge is 0.454 e. The van der Waals surface area contributed by atoms with Gasteiger partial charge in [-0.1, -0.05) is 0 Å². The number of anilines is 1. The van der Waals surface area contributed by atoms with Gasteiger partial charge in [0.15, 0.2) is 6.61 Å². The van der Waals surface area contributed by atoms with Crippen LogP contribution in [0.1, 0.15) is 51.4 Å².